The number of fused-ring (bicyclic) bond motifs is 1. The van der Waals surface area contributed by atoms with Gasteiger partial charge in [-0.25, -0.2) is 12.7 Å². The summed E-state index contributed by atoms with van der Waals surface area (Å²) in [5.74, 6) is 0.551. The van der Waals surface area contributed by atoms with Gasteiger partial charge in [0.2, 0.25) is 10.0 Å². The first-order valence-corrected chi connectivity index (χ1v) is 12.0. The molecule has 1 aromatic carbocycles. The summed E-state index contributed by atoms with van der Waals surface area (Å²) in [4.78, 5) is 17.5. The van der Waals surface area contributed by atoms with E-state index in [1.54, 1.807) is 42.9 Å². The number of rotatable bonds is 8. The summed E-state index contributed by atoms with van der Waals surface area (Å²) >= 11 is 0. The molecule has 0 radical (unpaired) electrons. The molecule has 4 aromatic rings. The Labute approximate surface area is 192 Å². The summed E-state index contributed by atoms with van der Waals surface area (Å²) in [5, 5.41) is 3.70. The molecular weight excluding hydrogens is 440 g/mol. The first-order valence-electron chi connectivity index (χ1n) is 10.5. The van der Waals surface area contributed by atoms with Crippen LogP contribution in [0, 0.1) is 0 Å². The highest BCUT2D eigenvalue weighted by Gasteiger charge is 2.22. The molecule has 9 heteroatoms. The summed E-state index contributed by atoms with van der Waals surface area (Å²) < 4.78 is 33.7. The number of hydrogen-bond acceptors (Lipinski definition) is 5. The molecule has 0 saturated heterocycles. The Morgan fingerprint density at radius 2 is 1.91 bits per heavy atom. The fourth-order valence-corrected chi connectivity index (χ4v) is 4.67. The van der Waals surface area contributed by atoms with Crippen LogP contribution in [0.4, 0.5) is 0 Å². The van der Waals surface area contributed by atoms with Crippen molar-refractivity contribution in [3.63, 3.8) is 0 Å². The highest BCUT2D eigenvalue weighted by molar-refractivity contribution is 7.89. The predicted octanol–water partition coefficient (Wildman–Crippen LogP) is 3.29. The van der Waals surface area contributed by atoms with Crippen molar-refractivity contribution in [3.05, 3.63) is 84.2 Å². The number of aromatic nitrogens is 2. The summed E-state index contributed by atoms with van der Waals surface area (Å²) in [6, 6.07) is 14.0. The highest BCUT2D eigenvalue weighted by atomic mass is 32.2. The molecule has 0 spiro atoms. The Bertz CT molecular complexity index is 1360. The molecule has 8 nitrogen and oxygen atoms in total. The van der Waals surface area contributed by atoms with Crippen LogP contribution < -0.4 is 5.32 Å². The van der Waals surface area contributed by atoms with Gasteiger partial charge in [-0.15, -0.1) is 0 Å². The van der Waals surface area contributed by atoms with E-state index in [2.05, 4.69) is 10.3 Å². The third-order valence-corrected chi connectivity index (χ3v) is 7.25. The summed E-state index contributed by atoms with van der Waals surface area (Å²) in [6.07, 6.45) is 5.58. The largest absolute Gasteiger partial charge is 0.469 e. The summed E-state index contributed by atoms with van der Waals surface area (Å²) in [6.45, 7) is 2.36. The molecular formula is C24H26N4O4S. The molecule has 0 fully saturated rings. The van der Waals surface area contributed by atoms with Gasteiger partial charge in [0, 0.05) is 56.4 Å². The van der Waals surface area contributed by atoms with Gasteiger partial charge in [0.25, 0.3) is 5.91 Å². The van der Waals surface area contributed by atoms with Gasteiger partial charge in [-0.1, -0.05) is 0 Å². The topological polar surface area (TPSA) is 97.4 Å². The quantitative estimate of drug-likeness (QED) is 0.430. The number of carbonyl (C=O) groups excluding carboxylic acids is 1. The van der Waals surface area contributed by atoms with Crippen molar-refractivity contribution in [2.75, 3.05) is 14.1 Å². The van der Waals surface area contributed by atoms with Crippen molar-refractivity contribution in [3.8, 4) is 0 Å². The Morgan fingerprint density at radius 1 is 1.15 bits per heavy atom. The van der Waals surface area contributed by atoms with Crippen LogP contribution >= 0.6 is 0 Å². The first kappa shape index (κ1) is 22.8. The van der Waals surface area contributed by atoms with Gasteiger partial charge in [-0.2, -0.15) is 0 Å². The van der Waals surface area contributed by atoms with Gasteiger partial charge in [-0.3, -0.25) is 9.78 Å². The van der Waals surface area contributed by atoms with E-state index in [4.69, 9.17) is 4.42 Å². The monoisotopic (exact) mass is 466 g/mol. The summed E-state index contributed by atoms with van der Waals surface area (Å²) in [7, 11) is -0.607. The molecule has 0 aliphatic carbocycles. The number of sulfonamides is 1. The molecule has 0 aliphatic rings. The number of amides is 1. The number of hydrogen-bond donors (Lipinski definition) is 1. The zero-order valence-corrected chi connectivity index (χ0v) is 19.5. The highest BCUT2D eigenvalue weighted by Crippen LogP contribution is 2.26. The van der Waals surface area contributed by atoms with E-state index in [0.29, 0.717) is 24.0 Å². The molecule has 0 bridgehead atoms. The molecule has 172 valence electrons. The SMILES string of the molecule is C[C@H](Cc1ccco1)NC(=O)c1cc2cc(S(=O)(=O)N(C)C)ccc2n1Cc1ccncc1. The smallest absolute Gasteiger partial charge is 0.268 e. The zero-order chi connectivity index (χ0) is 23.6. The van der Waals surface area contributed by atoms with E-state index in [1.165, 1.54) is 18.4 Å². The molecule has 4 rings (SSSR count). The van der Waals surface area contributed by atoms with Crippen LogP contribution in [0.25, 0.3) is 10.9 Å². The molecule has 1 N–H and O–H groups in total. The van der Waals surface area contributed by atoms with Crippen molar-refractivity contribution >= 4 is 26.8 Å². The van der Waals surface area contributed by atoms with Crippen molar-refractivity contribution < 1.29 is 17.6 Å². The Kier molecular flexibility index (Phi) is 6.35. The lowest BCUT2D eigenvalue weighted by molar-refractivity contribution is 0.0930. The maximum atomic E-state index is 13.3. The third kappa shape index (κ3) is 4.84. The fourth-order valence-electron chi connectivity index (χ4n) is 3.73. The summed E-state index contributed by atoms with van der Waals surface area (Å²) in [5.41, 5.74) is 2.20. The van der Waals surface area contributed by atoms with Gasteiger partial charge < -0.3 is 14.3 Å². The van der Waals surface area contributed by atoms with Gasteiger partial charge in [0.05, 0.1) is 11.2 Å². The van der Waals surface area contributed by atoms with Crippen molar-refractivity contribution in [1.29, 1.82) is 0 Å². The van der Waals surface area contributed by atoms with Crippen LogP contribution in [-0.4, -0.2) is 48.3 Å². The lowest BCUT2D eigenvalue weighted by Crippen LogP contribution is -2.35. The molecule has 0 aliphatic heterocycles. The Morgan fingerprint density at radius 3 is 2.58 bits per heavy atom. The van der Waals surface area contributed by atoms with E-state index >= 15 is 0 Å². The number of carbonyl (C=O) groups is 1. The molecule has 0 unspecified atom stereocenters. The average molecular weight is 467 g/mol. The van der Waals surface area contributed by atoms with E-state index in [1.807, 2.05) is 35.8 Å². The molecule has 3 heterocycles. The van der Waals surface area contributed by atoms with E-state index in [-0.39, 0.29) is 16.8 Å². The van der Waals surface area contributed by atoms with Gasteiger partial charge in [0.15, 0.2) is 0 Å². The maximum absolute atomic E-state index is 13.3. The normalized spacial score (nSPS) is 12.8. The minimum atomic E-state index is -3.59. The fraction of sp³-hybridized carbons (Fsp3) is 0.250. The second-order valence-electron chi connectivity index (χ2n) is 8.14. The van der Waals surface area contributed by atoms with Crippen molar-refractivity contribution in [1.82, 2.24) is 19.2 Å². The number of nitrogens with zero attached hydrogens (tertiary/aromatic N) is 3. The number of benzene rings is 1. The van der Waals surface area contributed by atoms with Crippen molar-refractivity contribution in [2.24, 2.45) is 0 Å². The zero-order valence-electron chi connectivity index (χ0n) is 18.7. The second kappa shape index (κ2) is 9.21. The Balaban J connectivity index is 1.72. The molecule has 1 atom stereocenters. The van der Waals surface area contributed by atoms with Crippen LogP contribution in [0.5, 0.6) is 0 Å². The van der Waals surface area contributed by atoms with Gasteiger partial charge in [-0.05, 0) is 61.0 Å². The third-order valence-electron chi connectivity index (χ3n) is 5.44. The van der Waals surface area contributed by atoms with Crippen LogP contribution in [0.1, 0.15) is 28.7 Å². The maximum Gasteiger partial charge on any atom is 0.268 e. The molecule has 33 heavy (non-hydrogen) atoms. The number of nitrogens with one attached hydrogen (secondary N) is 1. The minimum absolute atomic E-state index is 0.152. The minimum Gasteiger partial charge on any atom is -0.469 e. The Hall–Kier alpha value is -3.43. The van der Waals surface area contributed by atoms with Crippen LogP contribution in [0.2, 0.25) is 0 Å². The average Bonchev–Trinajstić information content (AvgIpc) is 3.42. The first-order chi connectivity index (χ1) is 15.8. The lowest BCUT2D eigenvalue weighted by atomic mass is 10.2. The number of pyridine rings is 1. The van der Waals surface area contributed by atoms with E-state index in [9.17, 15) is 13.2 Å². The van der Waals surface area contributed by atoms with Crippen LogP contribution in [-0.2, 0) is 23.0 Å². The predicted molar refractivity (Wildman–Crippen MR) is 125 cm³/mol. The van der Waals surface area contributed by atoms with E-state index < -0.39 is 10.0 Å². The lowest BCUT2D eigenvalue weighted by Gasteiger charge is -2.15. The van der Waals surface area contributed by atoms with Crippen LogP contribution in [0.15, 0.2) is 76.5 Å². The number of furan rings is 1. The standard InChI is InChI=1S/C24H26N4O4S/c1-17(13-20-5-4-12-32-20)26-24(29)23-15-19-14-21(33(30,31)27(2)3)6-7-22(19)28(23)16-18-8-10-25-11-9-18/h4-12,14-15,17H,13,16H2,1-3H3,(H,26,29)/t17-/m1/s1. The van der Waals surface area contributed by atoms with Gasteiger partial charge in [0.1, 0.15) is 11.5 Å². The van der Waals surface area contributed by atoms with Crippen molar-refractivity contribution in [2.45, 2.75) is 30.8 Å². The second-order valence-corrected chi connectivity index (χ2v) is 10.3. The molecule has 1 amide bonds. The van der Waals surface area contributed by atoms with Gasteiger partial charge >= 0.3 is 0 Å². The van der Waals surface area contributed by atoms with E-state index in [0.717, 1.165) is 16.8 Å². The van der Waals surface area contributed by atoms with Crippen LogP contribution in [0.3, 0.4) is 0 Å². The molecule has 3 aromatic heterocycles. The molecule has 0 saturated carbocycles.